The number of hydrogen-bond donors (Lipinski definition) is 2. The van der Waals surface area contributed by atoms with Crippen molar-refractivity contribution < 1.29 is 23.1 Å². The predicted molar refractivity (Wildman–Crippen MR) is 48.2 cm³/mol. The highest BCUT2D eigenvalue weighted by molar-refractivity contribution is 7.99. The van der Waals surface area contributed by atoms with E-state index in [1.807, 2.05) is 4.98 Å². The van der Waals surface area contributed by atoms with Gasteiger partial charge in [-0.05, 0) is 0 Å². The van der Waals surface area contributed by atoms with Crippen molar-refractivity contribution in [2.45, 2.75) is 11.3 Å². The molecule has 0 saturated heterocycles. The Kier molecular flexibility index (Phi) is 3.58. The number of nitrogens with zero attached hydrogens (tertiary/aromatic N) is 1. The maximum absolute atomic E-state index is 12.2. The molecule has 16 heavy (non-hydrogen) atoms. The Morgan fingerprint density at radius 2 is 2.19 bits per heavy atom. The van der Waals surface area contributed by atoms with Crippen molar-refractivity contribution in [3.05, 3.63) is 22.1 Å². The SMILES string of the molecule is O=C(O)CSc1nc(C(F)(F)F)cc(=O)[nH]1. The molecule has 0 unspecified atom stereocenters. The largest absolute Gasteiger partial charge is 0.481 e. The fourth-order valence-electron chi connectivity index (χ4n) is 0.779. The molecular formula is C7H5F3N2O3S. The highest BCUT2D eigenvalue weighted by atomic mass is 32.2. The monoisotopic (exact) mass is 254 g/mol. The van der Waals surface area contributed by atoms with Crippen LogP contribution in [0.5, 0.6) is 0 Å². The summed E-state index contributed by atoms with van der Waals surface area (Å²) in [5, 5.41) is 7.94. The first-order chi connectivity index (χ1) is 7.29. The first kappa shape index (κ1) is 12.6. The zero-order chi connectivity index (χ0) is 12.3. The van der Waals surface area contributed by atoms with E-state index in [2.05, 4.69) is 4.98 Å². The summed E-state index contributed by atoms with van der Waals surface area (Å²) in [5.41, 5.74) is -2.32. The fourth-order valence-corrected chi connectivity index (χ4v) is 1.37. The number of aromatic nitrogens is 2. The average molecular weight is 254 g/mol. The van der Waals surface area contributed by atoms with Crippen LogP contribution in [0.25, 0.3) is 0 Å². The van der Waals surface area contributed by atoms with E-state index < -0.39 is 29.2 Å². The van der Waals surface area contributed by atoms with Crippen molar-refractivity contribution in [2.75, 3.05) is 5.75 Å². The molecule has 0 radical (unpaired) electrons. The highest BCUT2D eigenvalue weighted by Gasteiger charge is 2.33. The number of carboxylic acid groups (broad SMARTS) is 1. The van der Waals surface area contributed by atoms with E-state index in [-0.39, 0.29) is 5.16 Å². The molecule has 0 saturated carbocycles. The van der Waals surface area contributed by atoms with Gasteiger partial charge in [-0.3, -0.25) is 9.59 Å². The molecule has 0 aliphatic heterocycles. The molecule has 0 atom stereocenters. The van der Waals surface area contributed by atoms with Crippen molar-refractivity contribution >= 4 is 17.7 Å². The Balaban J connectivity index is 2.99. The summed E-state index contributed by atoms with van der Waals surface area (Å²) >= 11 is 0.507. The van der Waals surface area contributed by atoms with Crippen molar-refractivity contribution in [2.24, 2.45) is 0 Å². The molecular weight excluding hydrogens is 249 g/mol. The van der Waals surface area contributed by atoms with Crippen molar-refractivity contribution in [1.29, 1.82) is 0 Å². The number of carboxylic acids is 1. The van der Waals surface area contributed by atoms with Crippen LogP contribution in [0, 0.1) is 0 Å². The predicted octanol–water partition coefficient (Wildman–Crippen LogP) is 0.965. The van der Waals surface area contributed by atoms with Crippen LogP contribution in [0.1, 0.15) is 5.69 Å². The second kappa shape index (κ2) is 4.56. The van der Waals surface area contributed by atoms with Gasteiger partial charge in [0.05, 0.1) is 5.75 Å². The zero-order valence-corrected chi connectivity index (χ0v) is 8.35. The number of halogens is 3. The van der Waals surface area contributed by atoms with E-state index in [0.29, 0.717) is 17.8 Å². The van der Waals surface area contributed by atoms with Gasteiger partial charge in [-0.2, -0.15) is 13.2 Å². The van der Waals surface area contributed by atoms with E-state index >= 15 is 0 Å². The molecule has 0 fully saturated rings. The average Bonchev–Trinajstić information content (AvgIpc) is 2.12. The minimum atomic E-state index is -4.73. The Labute approximate surface area is 90.7 Å². The van der Waals surface area contributed by atoms with Crippen molar-refractivity contribution in [3.8, 4) is 0 Å². The maximum atomic E-state index is 12.2. The number of H-pyrrole nitrogens is 1. The van der Waals surface area contributed by atoms with Gasteiger partial charge in [0.15, 0.2) is 10.9 Å². The Morgan fingerprint density at radius 1 is 1.56 bits per heavy atom. The van der Waals surface area contributed by atoms with E-state index in [1.54, 1.807) is 0 Å². The molecule has 0 aliphatic carbocycles. The molecule has 88 valence electrons. The van der Waals surface area contributed by atoms with Gasteiger partial charge in [0, 0.05) is 6.07 Å². The van der Waals surface area contributed by atoms with Gasteiger partial charge in [-0.25, -0.2) is 4.98 Å². The highest BCUT2D eigenvalue weighted by Crippen LogP contribution is 2.27. The second-order valence-electron chi connectivity index (χ2n) is 2.62. The van der Waals surface area contributed by atoms with Crippen LogP contribution in [0.3, 0.4) is 0 Å². The van der Waals surface area contributed by atoms with Gasteiger partial charge >= 0.3 is 12.1 Å². The number of alkyl halides is 3. The summed E-state index contributed by atoms with van der Waals surface area (Å²) in [7, 11) is 0. The lowest BCUT2D eigenvalue weighted by Crippen LogP contribution is -2.17. The minimum absolute atomic E-state index is 0.310. The summed E-state index contributed by atoms with van der Waals surface area (Å²) < 4.78 is 36.6. The van der Waals surface area contributed by atoms with Crippen LogP contribution in [-0.4, -0.2) is 26.8 Å². The number of hydrogen-bond acceptors (Lipinski definition) is 4. The van der Waals surface area contributed by atoms with Crippen LogP contribution in [0.15, 0.2) is 16.0 Å². The molecule has 1 rings (SSSR count). The summed E-state index contributed by atoms with van der Waals surface area (Å²) in [5.74, 6) is -1.70. The molecule has 0 amide bonds. The quantitative estimate of drug-likeness (QED) is 0.620. The number of aliphatic carboxylic acids is 1. The van der Waals surface area contributed by atoms with E-state index in [0.717, 1.165) is 0 Å². The van der Waals surface area contributed by atoms with Crippen LogP contribution in [-0.2, 0) is 11.0 Å². The molecule has 0 aliphatic rings. The standard InChI is InChI=1S/C7H5F3N2O3S/c8-7(9,10)3-1-4(13)12-6(11-3)16-2-5(14)15/h1H,2H2,(H,14,15)(H,11,12,13). The lowest BCUT2D eigenvalue weighted by Gasteiger charge is -2.05. The first-order valence-corrected chi connectivity index (χ1v) is 4.81. The van der Waals surface area contributed by atoms with E-state index in [1.165, 1.54) is 0 Å². The summed E-state index contributed by atoms with van der Waals surface area (Å²) in [6.45, 7) is 0. The molecule has 0 bridgehead atoms. The zero-order valence-electron chi connectivity index (χ0n) is 7.54. The van der Waals surface area contributed by atoms with Gasteiger partial charge in [-0.1, -0.05) is 11.8 Å². The lowest BCUT2D eigenvalue weighted by atomic mass is 10.4. The Bertz CT molecular complexity index is 457. The fraction of sp³-hybridized carbons (Fsp3) is 0.286. The van der Waals surface area contributed by atoms with Crippen LogP contribution < -0.4 is 5.56 Å². The maximum Gasteiger partial charge on any atom is 0.433 e. The van der Waals surface area contributed by atoms with Gasteiger partial charge in [0.1, 0.15) is 0 Å². The van der Waals surface area contributed by atoms with Crippen molar-refractivity contribution in [3.63, 3.8) is 0 Å². The lowest BCUT2D eigenvalue weighted by molar-refractivity contribution is -0.141. The number of rotatable bonds is 3. The molecule has 2 N–H and O–H groups in total. The van der Waals surface area contributed by atoms with Gasteiger partial charge in [0.25, 0.3) is 5.56 Å². The van der Waals surface area contributed by atoms with Crippen molar-refractivity contribution in [1.82, 2.24) is 9.97 Å². The van der Waals surface area contributed by atoms with Gasteiger partial charge in [0.2, 0.25) is 0 Å². The van der Waals surface area contributed by atoms with Crippen LogP contribution >= 0.6 is 11.8 Å². The molecule has 0 spiro atoms. The number of carbonyl (C=O) groups is 1. The molecule has 1 aromatic heterocycles. The Morgan fingerprint density at radius 3 is 2.69 bits per heavy atom. The molecule has 9 heteroatoms. The summed E-state index contributed by atoms with van der Waals surface area (Å²) in [6.07, 6.45) is -4.73. The number of aromatic amines is 1. The molecule has 0 aromatic carbocycles. The normalized spacial score (nSPS) is 11.4. The number of nitrogens with one attached hydrogen (secondary N) is 1. The van der Waals surface area contributed by atoms with Crippen LogP contribution in [0.2, 0.25) is 0 Å². The molecule has 1 aromatic rings. The summed E-state index contributed by atoms with van der Waals surface area (Å²) in [4.78, 5) is 26.1. The topological polar surface area (TPSA) is 83.0 Å². The van der Waals surface area contributed by atoms with Gasteiger partial charge < -0.3 is 10.1 Å². The third-order valence-electron chi connectivity index (χ3n) is 1.34. The van der Waals surface area contributed by atoms with Crippen LogP contribution in [0.4, 0.5) is 13.2 Å². The molecule has 1 heterocycles. The third kappa shape index (κ3) is 3.57. The number of thioether (sulfide) groups is 1. The van der Waals surface area contributed by atoms with E-state index in [4.69, 9.17) is 5.11 Å². The smallest absolute Gasteiger partial charge is 0.433 e. The third-order valence-corrected chi connectivity index (χ3v) is 2.20. The minimum Gasteiger partial charge on any atom is -0.481 e. The first-order valence-electron chi connectivity index (χ1n) is 3.82. The van der Waals surface area contributed by atoms with E-state index in [9.17, 15) is 22.8 Å². The Hall–Kier alpha value is -1.51. The van der Waals surface area contributed by atoms with Gasteiger partial charge in [-0.15, -0.1) is 0 Å². The summed E-state index contributed by atoms with van der Waals surface area (Å²) in [6, 6.07) is 0.310. The second-order valence-corrected chi connectivity index (χ2v) is 3.58. The molecule has 5 nitrogen and oxygen atoms in total.